The topological polar surface area (TPSA) is 3.24 Å². The Morgan fingerprint density at radius 1 is 0.708 bits per heavy atom. The molecule has 0 aromatic heterocycles. The van der Waals surface area contributed by atoms with Crippen LogP contribution < -0.4 is 4.90 Å². The predicted molar refractivity (Wildman–Crippen MR) is 104 cm³/mol. The van der Waals surface area contributed by atoms with Gasteiger partial charge >= 0.3 is 0 Å². The van der Waals surface area contributed by atoms with Crippen LogP contribution in [0.25, 0.3) is 0 Å². The Kier molecular flexibility index (Phi) is 5.00. The molecule has 0 saturated heterocycles. The molecule has 0 aliphatic heterocycles. The third-order valence-corrected chi connectivity index (χ3v) is 4.81. The third-order valence-electron chi connectivity index (χ3n) is 4.81. The van der Waals surface area contributed by atoms with E-state index in [1.807, 2.05) is 6.07 Å². The van der Waals surface area contributed by atoms with Crippen molar-refractivity contribution in [3.8, 4) is 0 Å². The van der Waals surface area contributed by atoms with Crippen molar-refractivity contribution in [2.24, 2.45) is 0 Å². The summed E-state index contributed by atoms with van der Waals surface area (Å²) < 4.78 is 0. The summed E-state index contributed by atoms with van der Waals surface area (Å²) in [5.74, 6) is 0.409. The molecule has 122 valence electrons. The minimum atomic E-state index is 0.409. The summed E-state index contributed by atoms with van der Waals surface area (Å²) in [4.78, 5) is 2.21. The van der Waals surface area contributed by atoms with Crippen LogP contribution in [0.4, 0.5) is 11.4 Å². The van der Waals surface area contributed by atoms with E-state index in [9.17, 15) is 0 Å². The van der Waals surface area contributed by atoms with Crippen molar-refractivity contribution >= 4 is 11.4 Å². The molecule has 1 heteroatoms. The van der Waals surface area contributed by atoms with Gasteiger partial charge in [-0.3, -0.25) is 0 Å². The van der Waals surface area contributed by atoms with E-state index in [4.69, 9.17) is 0 Å². The molecule has 0 spiro atoms. The fourth-order valence-corrected chi connectivity index (χ4v) is 3.02. The van der Waals surface area contributed by atoms with Gasteiger partial charge < -0.3 is 4.90 Å². The highest BCUT2D eigenvalue weighted by atomic mass is 15.1. The van der Waals surface area contributed by atoms with Crippen molar-refractivity contribution in [1.82, 2.24) is 0 Å². The van der Waals surface area contributed by atoms with Crippen molar-refractivity contribution in [1.29, 1.82) is 0 Å². The van der Waals surface area contributed by atoms with Crippen LogP contribution in [-0.2, 0) is 6.42 Å². The van der Waals surface area contributed by atoms with Crippen LogP contribution in [0.15, 0.2) is 78.9 Å². The molecule has 0 aliphatic rings. The van der Waals surface area contributed by atoms with Crippen molar-refractivity contribution in [2.75, 3.05) is 11.9 Å². The van der Waals surface area contributed by atoms with E-state index < -0.39 is 0 Å². The Morgan fingerprint density at radius 3 is 1.75 bits per heavy atom. The lowest BCUT2D eigenvalue weighted by Crippen LogP contribution is -2.09. The molecular weight excluding hydrogens is 290 g/mol. The van der Waals surface area contributed by atoms with Crippen molar-refractivity contribution in [3.63, 3.8) is 0 Å². The van der Waals surface area contributed by atoms with Gasteiger partial charge in [0.15, 0.2) is 0 Å². The van der Waals surface area contributed by atoms with Crippen LogP contribution >= 0.6 is 0 Å². The molecule has 0 bridgehead atoms. The smallest absolute Gasteiger partial charge is 0.0408 e. The summed E-state index contributed by atoms with van der Waals surface area (Å²) in [5, 5.41) is 0. The lowest BCUT2D eigenvalue weighted by molar-refractivity contribution is 0.919. The van der Waals surface area contributed by atoms with Gasteiger partial charge in [0.25, 0.3) is 0 Å². The van der Waals surface area contributed by atoms with E-state index in [0.717, 1.165) is 6.42 Å². The standard InChI is InChI=1S/C23H25N/c1-4-19-10-12-20(13-11-19)18(2)21-14-16-23(17-15-21)24(3)22-8-6-5-7-9-22/h5-18H,4H2,1-3H3. The zero-order valence-corrected chi connectivity index (χ0v) is 14.7. The van der Waals surface area contributed by atoms with Gasteiger partial charge in [-0.15, -0.1) is 0 Å². The Hall–Kier alpha value is -2.54. The van der Waals surface area contributed by atoms with E-state index in [1.165, 1.54) is 28.1 Å². The molecule has 0 saturated carbocycles. The number of para-hydroxylation sites is 1. The second-order valence-corrected chi connectivity index (χ2v) is 6.30. The Labute approximate surface area is 145 Å². The summed E-state index contributed by atoms with van der Waals surface area (Å²) in [6, 6.07) is 28.3. The lowest BCUT2D eigenvalue weighted by atomic mass is 9.92. The highest BCUT2D eigenvalue weighted by molar-refractivity contribution is 5.62. The number of anilines is 2. The lowest BCUT2D eigenvalue weighted by Gasteiger charge is -2.20. The number of aryl methyl sites for hydroxylation is 1. The molecule has 0 heterocycles. The maximum atomic E-state index is 2.27. The van der Waals surface area contributed by atoms with E-state index in [0.29, 0.717) is 5.92 Å². The van der Waals surface area contributed by atoms with Gasteiger partial charge in [-0.25, -0.2) is 0 Å². The highest BCUT2D eigenvalue weighted by Gasteiger charge is 2.09. The van der Waals surface area contributed by atoms with Gasteiger partial charge in [0.1, 0.15) is 0 Å². The van der Waals surface area contributed by atoms with Gasteiger partial charge in [-0.05, 0) is 47.4 Å². The molecule has 3 aromatic carbocycles. The van der Waals surface area contributed by atoms with Crippen molar-refractivity contribution < 1.29 is 0 Å². The molecule has 0 fully saturated rings. The summed E-state index contributed by atoms with van der Waals surface area (Å²) in [5.41, 5.74) is 6.53. The molecule has 0 N–H and O–H groups in total. The fraction of sp³-hybridized carbons (Fsp3) is 0.217. The molecule has 1 nitrogen and oxygen atoms in total. The molecule has 3 rings (SSSR count). The van der Waals surface area contributed by atoms with Crippen molar-refractivity contribution in [3.05, 3.63) is 95.6 Å². The molecule has 0 amide bonds. The second-order valence-electron chi connectivity index (χ2n) is 6.30. The SMILES string of the molecule is CCc1ccc(C(C)c2ccc(N(C)c3ccccc3)cc2)cc1. The molecule has 1 atom stereocenters. The van der Waals surface area contributed by atoms with Crippen LogP contribution in [-0.4, -0.2) is 7.05 Å². The average molecular weight is 315 g/mol. The molecule has 1 unspecified atom stereocenters. The number of rotatable bonds is 5. The summed E-state index contributed by atoms with van der Waals surface area (Å²) in [6.45, 7) is 4.47. The maximum Gasteiger partial charge on any atom is 0.0408 e. The first kappa shape index (κ1) is 16.3. The maximum absolute atomic E-state index is 2.27. The minimum Gasteiger partial charge on any atom is -0.345 e. The summed E-state index contributed by atoms with van der Waals surface area (Å²) in [6.07, 6.45) is 1.09. The van der Waals surface area contributed by atoms with Gasteiger partial charge in [0, 0.05) is 24.3 Å². The minimum absolute atomic E-state index is 0.409. The number of hydrogen-bond donors (Lipinski definition) is 0. The van der Waals surface area contributed by atoms with E-state index in [2.05, 4.69) is 98.6 Å². The Balaban J connectivity index is 1.78. The molecule has 0 radical (unpaired) electrons. The van der Waals surface area contributed by atoms with Crippen LogP contribution in [0.3, 0.4) is 0 Å². The van der Waals surface area contributed by atoms with Gasteiger partial charge in [-0.2, -0.15) is 0 Å². The molecule has 24 heavy (non-hydrogen) atoms. The quantitative estimate of drug-likeness (QED) is 0.544. The second kappa shape index (κ2) is 7.35. The Bertz CT molecular complexity index is 757. The molecule has 0 aliphatic carbocycles. The Morgan fingerprint density at radius 2 is 1.21 bits per heavy atom. The largest absolute Gasteiger partial charge is 0.345 e. The average Bonchev–Trinajstić information content (AvgIpc) is 2.68. The van der Waals surface area contributed by atoms with Crippen LogP contribution in [0.5, 0.6) is 0 Å². The van der Waals surface area contributed by atoms with Gasteiger partial charge in [0.05, 0.1) is 0 Å². The first-order valence-electron chi connectivity index (χ1n) is 8.66. The number of hydrogen-bond acceptors (Lipinski definition) is 1. The molecule has 3 aromatic rings. The molecular formula is C23H25N. The van der Waals surface area contributed by atoms with E-state index in [1.54, 1.807) is 0 Å². The van der Waals surface area contributed by atoms with Crippen LogP contribution in [0.1, 0.15) is 36.5 Å². The summed E-state index contributed by atoms with van der Waals surface area (Å²) >= 11 is 0. The summed E-state index contributed by atoms with van der Waals surface area (Å²) in [7, 11) is 2.11. The van der Waals surface area contributed by atoms with Crippen LogP contribution in [0.2, 0.25) is 0 Å². The first-order chi connectivity index (χ1) is 11.7. The van der Waals surface area contributed by atoms with Crippen molar-refractivity contribution in [2.45, 2.75) is 26.2 Å². The van der Waals surface area contributed by atoms with E-state index in [-0.39, 0.29) is 0 Å². The number of nitrogens with zero attached hydrogens (tertiary/aromatic N) is 1. The normalized spacial score (nSPS) is 12.0. The van der Waals surface area contributed by atoms with Gasteiger partial charge in [-0.1, -0.05) is 68.4 Å². The monoisotopic (exact) mass is 315 g/mol. The predicted octanol–water partition coefficient (Wildman–Crippen LogP) is 6.17. The van der Waals surface area contributed by atoms with E-state index >= 15 is 0 Å². The van der Waals surface area contributed by atoms with Crippen LogP contribution in [0, 0.1) is 0 Å². The zero-order valence-electron chi connectivity index (χ0n) is 14.7. The number of benzene rings is 3. The zero-order chi connectivity index (χ0) is 16.9. The van der Waals surface area contributed by atoms with Gasteiger partial charge in [0.2, 0.25) is 0 Å². The highest BCUT2D eigenvalue weighted by Crippen LogP contribution is 2.28. The first-order valence-corrected chi connectivity index (χ1v) is 8.66. The third kappa shape index (κ3) is 3.51. The fourth-order valence-electron chi connectivity index (χ4n) is 3.02.